The highest BCUT2D eigenvalue weighted by Crippen LogP contribution is 2.22. The van der Waals surface area contributed by atoms with Crippen LogP contribution in [0.2, 0.25) is 0 Å². The van der Waals surface area contributed by atoms with Crippen molar-refractivity contribution >= 4 is 11.9 Å². The van der Waals surface area contributed by atoms with E-state index in [1.165, 1.54) is 0 Å². The fourth-order valence-electron chi connectivity index (χ4n) is 2.24. The van der Waals surface area contributed by atoms with Crippen LogP contribution in [-0.2, 0) is 16.0 Å². The summed E-state index contributed by atoms with van der Waals surface area (Å²) in [5, 5.41) is 11.5. The van der Waals surface area contributed by atoms with Crippen molar-refractivity contribution in [2.45, 2.75) is 52.5 Å². The van der Waals surface area contributed by atoms with Gasteiger partial charge in [0.15, 0.2) is 0 Å². The van der Waals surface area contributed by atoms with Crippen molar-refractivity contribution < 1.29 is 19.4 Å². The van der Waals surface area contributed by atoms with Crippen LogP contribution in [0.5, 0.6) is 5.75 Å². The van der Waals surface area contributed by atoms with Gasteiger partial charge in [-0.2, -0.15) is 0 Å². The zero-order valence-electron chi connectivity index (χ0n) is 13.5. The van der Waals surface area contributed by atoms with Gasteiger partial charge in [-0.15, -0.1) is 0 Å². The van der Waals surface area contributed by atoms with E-state index < -0.39 is 12.0 Å². The van der Waals surface area contributed by atoms with Crippen molar-refractivity contribution in [1.29, 1.82) is 0 Å². The third kappa shape index (κ3) is 5.76. The van der Waals surface area contributed by atoms with E-state index in [0.717, 1.165) is 23.3 Å². The Bertz CT molecular complexity index is 513. The molecule has 1 aromatic carbocycles. The summed E-state index contributed by atoms with van der Waals surface area (Å²) in [4.78, 5) is 22.7. The maximum atomic E-state index is 11.8. The van der Waals surface area contributed by atoms with Gasteiger partial charge >= 0.3 is 5.97 Å². The number of rotatable bonds is 9. The molecule has 5 heteroatoms. The fourth-order valence-corrected chi connectivity index (χ4v) is 2.24. The summed E-state index contributed by atoms with van der Waals surface area (Å²) in [5.41, 5.74) is 2.24. The molecule has 1 amide bonds. The Morgan fingerprint density at radius 1 is 1.32 bits per heavy atom. The quantitative estimate of drug-likeness (QED) is 0.735. The minimum atomic E-state index is -0.992. The summed E-state index contributed by atoms with van der Waals surface area (Å²) < 4.78 is 5.58. The molecule has 1 atom stereocenters. The predicted molar refractivity (Wildman–Crippen MR) is 85.1 cm³/mol. The summed E-state index contributed by atoms with van der Waals surface area (Å²) in [6, 6.07) is 5.21. The number of aliphatic carboxylic acids is 1. The first-order chi connectivity index (χ1) is 10.5. The number of carboxylic acids is 1. The lowest BCUT2D eigenvalue weighted by Crippen LogP contribution is -2.40. The molecule has 0 radical (unpaired) electrons. The van der Waals surface area contributed by atoms with Crippen molar-refractivity contribution in [3.63, 3.8) is 0 Å². The molecule has 0 aliphatic heterocycles. The molecule has 1 aromatic rings. The van der Waals surface area contributed by atoms with E-state index in [1.807, 2.05) is 26.0 Å². The summed E-state index contributed by atoms with van der Waals surface area (Å²) in [7, 11) is 0. The van der Waals surface area contributed by atoms with E-state index in [0.29, 0.717) is 25.9 Å². The summed E-state index contributed by atoms with van der Waals surface area (Å²) in [5.74, 6) is -0.362. The first-order valence-electron chi connectivity index (χ1n) is 7.72. The average molecular weight is 307 g/mol. The SMILES string of the molecule is CCOc1ccc(C)cc1CCCC(=O)NC(CC)C(=O)O. The van der Waals surface area contributed by atoms with E-state index in [1.54, 1.807) is 6.92 Å². The van der Waals surface area contributed by atoms with Crippen molar-refractivity contribution in [3.8, 4) is 5.75 Å². The first-order valence-corrected chi connectivity index (χ1v) is 7.72. The van der Waals surface area contributed by atoms with Gasteiger partial charge in [-0.25, -0.2) is 4.79 Å². The van der Waals surface area contributed by atoms with E-state index in [9.17, 15) is 9.59 Å². The lowest BCUT2D eigenvalue weighted by atomic mass is 10.0. The van der Waals surface area contributed by atoms with Gasteiger partial charge in [0.2, 0.25) is 5.91 Å². The maximum absolute atomic E-state index is 11.8. The molecule has 0 saturated heterocycles. The van der Waals surface area contributed by atoms with Crippen molar-refractivity contribution in [2.75, 3.05) is 6.61 Å². The molecular formula is C17H25NO4. The Kier molecular flexibility index (Phi) is 7.43. The zero-order valence-corrected chi connectivity index (χ0v) is 13.5. The second-order valence-electron chi connectivity index (χ2n) is 5.26. The second-order valence-corrected chi connectivity index (χ2v) is 5.26. The van der Waals surface area contributed by atoms with Gasteiger partial charge in [-0.05, 0) is 44.7 Å². The van der Waals surface area contributed by atoms with E-state index in [2.05, 4.69) is 11.4 Å². The highest BCUT2D eigenvalue weighted by molar-refractivity contribution is 5.83. The number of hydrogen-bond acceptors (Lipinski definition) is 3. The van der Waals surface area contributed by atoms with E-state index >= 15 is 0 Å². The summed E-state index contributed by atoms with van der Waals surface area (Å²) >= 11 is 0. The Labute approximate surface area is 131 Å². The Morgan fingerprint density at radius 3 is 2.64 bits per heavy atom. The molecule has 2 N–H and O–H groups in total. The molecule has 0 bridgehead atoms. The average Bonchev–Trinajstić information content (AvgIpc) is 2.47. The first kappa shape index (κ1) is 18.0. The molecule has 22 heavy (non-hydrogen) atoms. The van der Waals surface area contributed by atoms with E-state index in [-0.39, 0.29) is 5.91 Å². The number of carboxylic acid groups (broad SMARTS) is 1. The molecule has 122 valence electrons. The summed E-state index contributed by atoms with van der Waals surface area (Å²) in [6.45, 7) is 6.30. The molecule has 0 aliphatic rings. The van der Waals surface area contributed by atoms with Crippen LogP contribution in [-0.4, -0.2) is 29.6 Å². The number of amides is 1. The fraction of sp³-hybridized carbons (Fsp3) is 0.529. The number of hydrogen-bond donors (Lipinski definition) is 2. The molecule has 0 aromatic heterocycles. The highest BCUT2D eigenvalue weighted by Gasteiger charge is 2.17. The molecule has 0 spiro atoms. The summed E-state index contributed by atoms with van der Waals surface area (Å²) in [6.07, 6.45) is 2.08. The normalized spacial score (nSPS) is 11.8. The van der Waals surface area contributed by atoms with Gasteiger partial charge in [-0.3, -0.25) is 4.79 Å². The standard InChI is InChI=1S/C17H25NO4/c1-4-14(17(20)21)18-16(19)8-6-7-13-11-12(3)9-10-15(13)22-5-2/h9-11,14H,4-8H2,1-3H3,(H,18,19)(H,20,21). The van der Waals surface area contributed by atoms with Gasteiger partial charge in [-0.1, -0.05) is 24.6 Å². The van der Waals surface area contributed by atoms with Crippen LogP contribution in [0.25, 0.3) is 0 Å². The number of benzene rings is 1. The Morgan fingerprint density at radius 2 is 2.05 bits per heavy atom. The number of aryl methyl sites for hydroxylation is 2. The molecule has 0 saturated carbocycles. The van der Waals surface area contributed by atoms with Crippen LogP contribution in [0.4, 0.5) is 0 Å². The van der Waals surface area contributed by atoms with Gasteiger partial charge in [0, 0.05) is 6.42 Å². The second kappa shape index (κ2) is 9.07. The van der Waals surface area contributed by atoms with E-state index in [4.69, 9.17) is 9.84 Å². The van der Waals surface area contributed by atoms with Crippen LogP contribution in [0, 0.1) is 6.92 Å². The lowest BCUT2D eigenvalue weighted by molar-refractivity contribution is -0.141. The number of ether oxygens (including phenoxy) is 1. The number of carbonyl (C=O) groups is 2. The van der Waals surface area contributed by atoms with Crippen LogP contribution < -0.4 is 10.1 Å². The molecule has 0 fully saturated rings. The minimum absolute atomic E-state index is 0.222. The highest BCUT2D eigenvalue weighted by atomic mass is 16.5. The van der Waals surface area contributed by atoms with Gasteiger partial charge in [0.05, 0.1) is 6.61 Å². The third-order valence-corrected chi connectivity index (χ3v) is 3.41. The van der Waals surface area contributed by atoms with Crippen molar-refractivity contribution in [3.05, 3.63) is 29.3 Å². The monoisotopic (exact) mass is 307 g/mol. The molecule has 0 aliphatic carbocycles. The maximum Gasteiger partial charge on any atom is 0.326 e. The molecule has 0 heterocycles. The third-order valence-electron chi connectivity index (χ3n) is 3.41. The van der Waals surface area contributed by atoms with Crippen LogP contribution in [0.3, 0.4) is 0 Å². The topological polar surface area (TPSA) is 75.6 Å². The largest absolute Gasteiger partial charge is 0.494 e. The number of carbonyl (C=O) groups excluding carboxylic acids is 1. The van der Waals surface area contributed by atoms with Gasteiger partial charge in [0.1, 0.15) is 11.8 Å². The lowest BCUT2D eigenvalue weighted by Gasteiger charge is -2.13. The smallest absolute Gasteiger partial charge is 0.326 e. The van der Waals surface area contributed by atoms with Crippen LogP contribution >= 0.6 is 0 Å². The molecule has 1 rings (SSSR count). The zero-order chi connectivity index (χ0) is 16.5. The van der Waals surface area contributed by atoms with Gasteiger partial charge in [0.25, 0.3) is 0 Å². The number of nitrogens with one attached hydrogen (secondary N) is 1. The molecule has 1 unspecified atom stereocenters. The van der Waals surface area contributed by atoms with Crippen LogP contribution in [0.15, 0.2) is 18.2 Å². The van der Waals surface area contributed by atoms with Crippen molar-refractivity contribution in [2.24, 2.45) is 0 Å². The van der Waals surface area contributed by atoms with Gasteiger partial charge < -0.3 is 15.2 Å². The minimum Gasteiger partial charge on any atom is -0.494 e. The van der Waals surface area contributed by atoms with Crippen LogP contribution in [0.1, 0.15) is 44.2 Å². The van der Waals surface area contributed by atoms with Crippen molar-refractivity contribution in [1.82, 2.24) is 5.32 Å². The predicted octanol–water partition coefficient (Wildman–Crippen LogP) is 2.70. The molecular weight excluding hydrogens is 282 g/mol. The Balaban J connectivity index is 2.51. The Hall–Kier alpha value is -2.04. The molecule has 5 nitrogen and oxygen atoms in total.